The molecule has 0 unspecified atom stereocenters. The molecule has 0 atom stereocenters. The van der Waals surface area contributed by atoms with E-state index in [0.29, 0.717) is 5.52 Å². The van der Waals surface area contributed by atoms with Crippen molar-refractivity contribution in [1.29, 1.82) is 0 Å². The van der Waals surface area contributed by atoms with Crippen LogP contribution in [0.5, 0.6) is 0 Å². The summed E-state index contributed by atoms with van der Waals surface area (Å²) in [5.74, 6) is -1.68. The summed E-state index contributed by atoms with van der Waals surface area (Å²) < 4.78 is 27.2. The molecule has 2 nitrogen and oxygen atoms in total. The minimum absolute atomic E-state index is 0.204. The molecule has 0 aliphatic heterocycles. The van der Waals surface area contributed by atoms with Gasteiger partial charge in [0.2, 0.25) is 0 Å². The van der Waals surface area contributed by atoms with Gasteiger partial charge in [-0.15, -0.1) is 0 Å². The second kappa shape index (κ2) is 2.27. The second-order valence-electron chi connectivity index (χ2n) is 2.58. The number of aryl methyl sites for hydroxylation is 1. The SMILES string of the molecule is Cn1cnc2ccc(F)c(F)c21. The zero-order valence-electron chi connectivity index (χ0n) is 6.38. The Kier molecular flexibility index (Phi) is 1.36. The fourth-order valence-electron chi connectivity index (χ4n) is 1.18. The van der Waals surface area contributed by atoms with Crippen LogP contribution >= 0.6 is 0 Å². The van der Waals surface area contributed by atoms with E-state index in [1.165, 1.54) is 17.0 Å². The average molecular weight is 168 g/mol. The van der Waals surface area contributed by atoms with Crippen molar-refractivity contribution in [3.05, 3.63) is 30.1 Å². The van der Waals surface area contributed by atoms with Gasteiger partial charge in [-0.3, -0.25) is 0 Å². The molecule has 0 spiro atoms. The molecule has 0 saturated carbocycles. The Morgan fingerprint density at radius 2 is 2.08 bits per heavy atom. The Morgan fingerprint density at radius 3 is 2.83 bits per heavy atom. The molecule has 0 saturated heterocycles. The highest BCUT2D eigenvalue weighted by molar-refractivity contribution is 5.75. The van der Waals surface area contributed by atoms with Crippen molar-refractivity contribution in [1.82, 2.24) is 9.55 Å². The molecule has 1 heterocycles. The Hall–Kier alpha value is -1.45. The van der Waals surface area contributed by atoms with Gasteiger partial charge < -0.3 is 4.57 Å². The minimum Gasteiger partial charge on any atom is -0.331 e. The molecule has 0 N–H and O–H groups in total. The molecule has 1 aromatic heterocycles. The van der Waals surface area contributed by atoms with Gasteiger partial charge in [0.1, 0.15) is 5.52 Å². The predicted molar refractivity (Wildman–Crippen MR) is 40.6 cm³/mol. The van der Waals surface area contributed by atoms with E-state index < -0.39 is 11.6 Å². The standard InChI is InChI=1S/C8H6F2N2/c1-12-4-11-6-3-2-5(9)7(10)8(6)12/h2-4H,1H3. The van der Waals surface area contributed by atoms with Crippen molar-refractivity contribution in [2.45, 2.75) is 0 Å². The number of hydrogen-bond donors (Lipinski definition) is 0. The zero-order chi connectivity index (χ0) is 8.72. The van der Waals surface area contributed by atoms with Crippen LogP contribution in [0.2, 0.25) is 0 Å². The molecular formula is C8H6F2N2. The molecule has 1 aromatic carbocycles. The summed E-state index contributed by atoms with van der Waals surface area (Å²) in [5, 5.41) is 0. The Bertz CT molecular complexity index is 434. The first-order valence-electron chi connectivity index (χ1n) is 3.45. The van der Waals surface area contributed by atoms with Gasteiger partial charge in [0, 0.05) is 7.05 Å². The van der Waals surface area contributed by atoms with Gasteiger partial charge in [0.05, 0.1) is 11.8 Å². The number of nitrogens with zero attached hydrogens (tertiary/aromatic N) is 2. The Morgan fingerprint density at radius 1 is 1.33 bits per heavy atom. The highest BCUT2D eigenvalue weighted by atomic mass is 19.2. The van der Waals surface area contributed by atoms with Crippen molar-refractivity contribution in [3.63, 3.8) is 0 Å². The third-order valence-electron chi connectivity index (χ3n) is 1.77. The first-order valence-corrected chi connectivity index (χ1v) is 3.45. The number of hydrogen-bond acceptors (Lipinski definition) is 1. The molecule has 12 heavy (non-hydrogen) atoms. The van der Waals surface area contributed by atoms with E-state index >= 15 is 0 Å². The van der Waals surface area contributed by atoms with E-state index in [1.54, 1.807) is 7.05 Å². The molecule has 0 aliphatic carbocycles. The maximum Gasteiger partial charge on any atom is 0.184 e. The van der Waals surface area contributed by atoms with Gasteiger partial charge in [0.25, 0.3) is 0 Å². The fourth-order valence-corrected chi connectivity index (χ4v) is 1.18. The smallest absolute Gasteiger partial charge is 0.184 e. The van der Waals surface area contributed by atoms with Crippen LogP contribution < -0.4 is 0 Å². The Balaban J connectivity index is 2.96. The van der Waals surface area contributed by atoms with E-state index in [1.807, 2.05) is 0 Å². The maximum atomic E-state index is 13.1. The summed E-state index contributed by atoms with van der Waals surface area (Å²) in [6.45, 7) is 0. The van der Waals surface area contributed by atoms with Gasteiger partial charge in [-0.1, -0.05) is 0 Å². The first-order chi connectivity index (χ1) is 5.70. The van der Waals surface area contributed by atoms with Crippen molar-refractivity contribution < 1.29 is 8.78 Å². The first kappa shape index (κ1) is 7.21. The molecule has 0 amide bonds. The number of rotatable bonds is 0. The van der Waals surface area contributed by atoms with Crippen molar-refractivity contribution in [3.8, 4) is 0 Å². The minimum atomic E-state index is -0.842. The molecule has 0 radical (unpaired) electrons. The van der Waals surface area contributed by atoms with Crippen LogP contribution in [0, 0.1) is 11.6 Å². The summed E-state index contributed by atoms with van der Waals surface area (Å²) in [5.41, 5.74) is 0.673. The Labute approximate surface area is 67.4 Å². The van der Waals surface area contributed by atoms with E-state index in [9.17, 15) is 8.78 Å². The van der Waals surface area contributed by atoms with Crippen LogP contribution in [0.25, 0.3) is 11.0 Å². The number of benzene rings is 1. The van der Waals surface area contributed by atoms with E-state index in [2.05, 4.69) is 4.98 Å². The van der Waals surface area contributed by atoms with Crippen molar-refractivity contribution in [2.75, 3.05) is 0 Å². The molecule has 2 aromatic rings. The number of fused-ring (bicyclic) bond motifs is 1. The number of imidazole rings is 1. The maximum absolute atomic E-state index is 13.1. The molecule has 62 valence electrons. The lowest BCUT2D eigenvalue weighted by atomic mass is 10.3. The normalized spacial score (nSPS) is 10.9. The summed E-state index contributed by atoms with van der Waals surface area (Å²) in [6.07, 6.45) is 1.45. The third kappa shape index (κ3) is 0.809. The van der Waals surface area contributed by atoms with Crippen molar-refractivity contribution >= 4 is 11.0 Å². The molecular weight excluding hydrogens is 162 g/mol. The van der Waals surface area contributed by atoms with Gasteiger partial charge >= 0.3 is 0 Å². The predicted octanol–water partition coefficient (Wildman–Crippen LogP) is 1.85. The van der Waals surface area contributed by atoms with Crippen molar-refractivity contribution in [2.24, 2.45) is 7.05 Å². The lowest BCUT2D eigenvalue weighted by molar-refractivity contribution is 0.513. The summed E-state index contributed by atoms with van der Waals surface area (Å²) in [4.78, 5) is 3.88. The van der Waals surface area contributed by atoms with Crippen LogP contribution in [0.15, 0.2) is 18.5 Å². The quantitative estimate of drug-likeness (QED) is 0.587. The molecule has 0 aliphatic rings. The van der Waals surface area contributed by atoms with E-state index in [4.69, 9.17) is 0 Å². The van der Waals surface area contributed by atoms with E-state index in [0.717, 1.165) is 6.07 Å². The van der Waals surface area contributed by atoms with Crippen LogP contribution in [-0.2, 0) is 7.05 Å². The molecule has 0 bridgehead atoms. The van der Waals surface area contributed by atoms with Gasteiger partial charge in [-0.25, -0.2) is 13.8 Å². The highest BCUT2D eigenvalue weighted by Crippen LogP contribution is 2.17. The summed E-state index contributed by atoms with van der Waals surface area (Å²) in [6, 6.07) is 2.53. The molecule has 2 rings (SSSR count). The third-order valence-corrected chi connectivity index (χ3v) is 1.77. The molecule has 4 heteroatoms. The number of halogens is 2. The fraction of sp³-hybridized carbons (Fsp3) is 0.125. The zero-order valence-corrected chi connectivity index (χ0v) is 6.38. The largest absolute Gasteiger partial charge is 0.331 e. The molecule has 0 fully saturated rings. The topological polar surface area (TPSA) is 17.8 Å². The lowest BCUT2D eigenvalue weighted by Gasteiger charge is -1.96. The van der Waals surface area contributed by atoms with Crippen LogP contribution in [0.3, 0.4) is 0 Å². The van der Waals surface area contributed by atoms with Crippen LogP contribution in [0.1, 0.15) is 0 Å². The van der Waals surface area contributed by atoms with Gasteiger partial charge in [-0.2, -0.15) is 0 Å². The highest BCUT2D eigenvalue weighted by Gasteiger charge is 2.09. The van der Waals surface area contributed by atoms with E-state index in [-0.39, 0.29) is 5.52 Å². The summed E-state index contributed by atoms with van der Waals surface area (Å²) in [7, 11) is 1.62. The lowest BCUT2D eigenvalue weighted by Crippen LogP contribution is -1.91. The monoisotopic (exact) mass is 168 g/mol. The average Bonchev–Trinajstić information content (AvgIpc) is 2.41. The van der Waals surface area contributed by atoms with Gasteiger partial charge in [-0.05, 0) is 12.1 Å². The summed E-state index contributed by atoms with van der Waals surface area (Å²) >= 11 is 0. The number of aromatic nitrogens is 2. The van der Waals surface area contributed by atoms with Crippen LogP contribution in [0.4, 0.5) is 8.78 Å². The van der Waals surface area contributed by atoms with Crippen LogP contribution in [-0.4, -0.2) is 9.55 Å². The van der Waals surface area contributed by atoms with Gasteiger partial charge in [0.15, 0.2) is 11.6 Å². The second-order valence-corrected chi connectivity index (χ2v) is 2.58.